The molecule has 0 saturated carbocycles. The van der Waals surface area contributed by atoms with Gasteiger partial charge in [0.15, 0.2) is 0 Å². The first-order valence-corrected chi connectivity index (χ1v) is 24.8. The van der Waals surface area contributed by atoms with Crippen molar-refractivity contribution in [3.05, 3.63) is 83.4 Å². The van der Waals surface area contributed by atoms with Crippen LogP contribution in [0.2, 0.25) is 5.02 Å². The summed E-state index contributed by atoms with van der Waals surface area (Å²) in [5.41, 5.74) is 2.29. The van der Waals surface area contributed by atoms with Gasteiger partial charge in [-0.15, -0.1) is 11.3 Å². The number of amides is 1. The molecule has 330 valence electrons. The van der Waals surface area contributed by atoms with Crippen molar-refractivity contribution in [1.82, 2.24) is 9.62 Å². The third-order valence-electron chi connectivity index (χ3n) is 10.8. The van der Waals surface area contributed by atoms with E-state index in [4.69, 9.17) is 21.1 Å². The first-order valence-electron chi connectivity index (χ1n) is 20.7. The lowest BCUT2D eigenvalue weighted by Gasteiger charge is -2.37. The summed E-state index contributed by atoms with van der Waals surface area (Å²) in [6, 6.07) is 22.0. The number of methoxy groups -OCH3 is 1. The average Bonchev–Trinajstić information content (AvgIpc) is 3.55. The Morgan fingerprint density at radius 3 is 2.20 bits per heavy atom. The van der Waals surface area contributed by atoms with E-state index in [0.717, 1.165) is 52.5 Å². The minimum Gasteiger partial charge on any atom is -0.495 e. The summed E-state index contributed by atoms with van der Waals surface area (Å²) in [4.78, 5) is 18.8. The summed E-state index contributed by atoms with van der Waals surface area (Å²) in [7, 11) is -2.26. The quantitative estimate of drug-likeness (QED) is 0.0908. The van der Waals surface area contributed by atoms with Crippen molar-refractivity contribution in [2.24, 2.45) is 0 Å². The second-order valence-corrected chi connectivity index (χ2v) is 21.9. The number of sulfonamides is 2. The van der Waals surface area contributed by atoms with Crippen molar-refractivity contribution in [3.8, 4) is 5.75 Å². The molecule has 0 unspecified atom stereocenters. The summed E-state index contributed by atoms with van der Waals surface area (Å²) < 4.78 is 73.1. The minimum absolute atomic E-state index is 0.259. The van der Waals surface area contributed by atoms with Gasteiger partial charge in [-0.2, -0.15) is 0 Å². The molecule has 1 N–H and O–H groups in total. The molecule has 16 heteroatoms. The van der Waals surface area contributed by atoms with Crippen molar-refractivity contribution < 1.29 is 31.1 Å². The normalized spacial score (nSPS) is 13.8. The van der Waals surface area contributed by atoms with Crippen molar-refractivity contribution >= 4 is 87.0 Å². The average molecular weight is 913 g/mol. The number of piperazine rings is 1. The van der Waals surface area contributed by atoms with Gasteiger partial charge in [-0.3, -0.25) is 4.31 Å². The van der Waals surface area contributed by atoms with E-state index >= 15 is 0 Å². The van der Waals surface area contributed by atoms with Crippen LogP contribution in [0.25, 0.3) is 20.9 Å². The maximum atomic E-state index is 14.8. The standard InChI is InChI=1S/C45H58ClN5O7S3/c1-32-37-30-33(46)20-23-41(37)59-43(32)61(55,56)51(34-21-22-40(57-7)39(31-34)49-26-28-50(29-27-49)44(52)58-45(2,3)4)25-13-11-9-8-10-12-24-47-60(53,54)42-19-15-16-35-36(42)17-14-18-38(35)48(5)6/h14-23,30-31,47H,8-13,24-29H2,1-7H3. The summed E-state index contributed by atoms with van der Waals surface area (Å²) in [5.74, 6) is 0.609. The lowest BCUT2D eigenvalue weighted by molar-refractivity contribution is 0.0240. The van der Waals surface area contributed by atoms with E-state index in [-0.39, 0.29) is 21.7 Å². The van der Waals surface area contributed by atoms with Crippen LogP contribution in [0.15, 0.2) is 81.9 Å². The lowest BCUT2D eigenvalue weighted by Crippen LogP contribution is -2.50. The van der Waals surface area contributed by atoms with Crippen LogP contribution in [0, 0.1) is 6.92 Å². The van der Waals surface area contributed by atoms with Gasteiger partial charge in [0.1, 0.15) is 15.6 Å². The number of carbonyl (C=O) groups excluding carboxylic acids is 1. The highest BCUT2D eigenvalue weighted by molar-refractivity contribution is 7.95. The van der Waals surface area contributed by atoms with E-state index < -0.39 is 25.6 Å². The molecule has 1 amide bonds. The fourth-order valence-corrected chi connectivity index (χ4v) is 12.5. The number of aryl methyl sites for hydroxylation is 1. The Kier molecular flexibility index (Phi) is 14.7. The number of rotatable bonds is 17. The number of carbonyl (C=O) groups is 1. The van der Waals surface area contributed by atoms with Crippen molar-refractivity contribution in [1.29, 1.82) is 0 Å². The number of thiophene rings is 1. The molecule has 5 aromatic rings. The van der Waals surface area contributed by atoms with E-state index in [9.17, 15) is 21.6 Å². The Hall–Kier alpha value is -4.28. The van der Waals surface area contributed by atoms with Gasteiger partial charge in [-0.25, -0.2) is 26.4 Å². The Morgan fingerprint density at radius 1 is 0.836 bits per heavy atom. The third kappa shape index (κ3) is 10.9. The number of unbranched alkanes of at least 4 members (excludes halogenated alkanes) is 5. The number of nitrogens with one attached hydrogen (secondary N) is 1. The van der Waals surface area contributed by atoms with Crippen LogP contribution < -0.4 is 23.6 Å². The number of nitrogens with zero attached hydrogens (tertiary/aromatic N) is 4. The first-order chi connectivity index (χ1) is 28.9. The maximum absolute atomic E-state index is 14.8. The zero-order valence-electron chi connectivity index (χ0n) is 36.2. The summed E-state index contributed by atoms with van der Waals surface area (Å²) in [6.45, 7) is 9.88. The molecule has 0 bridgehead atoms. The Labute approximate surface area is 370 Å². The third-order valence-corrected chi connectivity index (χ3v) is 16.3. The molecular formula is C45H58ClN5O7S3. The molecule has 1 saturated heterocycles. The molecule has 4 aromatic carbocycles. The van der Waals surface area contributed by atoms with Crippen LogP contribution in [-0.4, -0.2) is 93.9 Å². The zero-order chi connectivity index (χ0) is 44.1. The second-order valence-electron chi connectivity index (χ2n) is 16.6. The molecular weight excluding hydrogens is 854 g/mol. The number of halogens is 1. The van der Waals surface area contributed by atoms with Crippen LogP contribution in [0.5, 0.6) is 5.75 Å². The highest BCUT2D eigenvalue weighted by Gasteiger charge is 2.32. The van der Waals surface area contributed by atoms with Crippen molar-refractivity contribution in [2.45, 2.75) is 80.9 Å². The van der Waals surface area contributed by atoms with E-state index in [0.29, 0.717) is 73.0 Å². The zero-order valence-corrected chi connectivity index (χ0v) is 39.4. The van der Waals surface area contributed by atoms with E-state index in [1.54, 1.807) is 42.3 Å². The number of fused-ring (bicyclic) bond motifs is 2. The Bertz CT molecular complexity index is 2570. The predicted octanol–water partition coefficient (Wildman–Crippen LogP) is 9.66. The highest BCUT2D eigenvalue weighted by Crippen LogP contribution is 2.41. The molecule has 1 aliphatic heterocycles. The van der Waals surface area contributed by atoms with E-state index in [1.165, 1.54) is 15.6 Å². The number of hydrogen-bond acceptors (Lipinski definition) is 10. The molecule has 1 aromatic heterocycles. The van der Waals surface area contributed by atoms with Crippen LogP contribution in [0.1, 0.15) is 64.9 Å². The molecule has 0 radical (unpaired) electrons. The van der Waals surface area contributed by atoms with Gasteiger partial charge < -0.3 is 24.2 Å². The van der Waals surface area contributed by atoms with Crippen molar-refractivity contribution in [2.75, 3.05) is 74.6 Å². The molecule has 1 aliphatic rings. The van der Waals surface area contributed by atoms with Crippen LogP contribution in [-0.2, 0) is 24.8 Å². The molecule has 0 atom stereocenters. The second kappa shape index (κ2) is 19.4. The topological polar surface area (TPSA) is 129 Å². The van der Waals surface area contributed by atoms with Crippen LogP contribution in [0.4, 0.5) is 21.9 Å². The van der Waals surface area contributed by atoms with Crippen LogP contribution >= 0.6 is 22.9 Å². The highest BCUT2D eigenvalue weighted by atomic mass is 35.5. The maximum Gasteiger partial charge on any atom is 0.410 e. The number of benzene rings is 4. The molecule has 0 spiro atoms. The Morgan fingerprint density at radius 2 is 1.51 bits per heavy atom. The number of anilines is 3. The molecule has 12 nitrogen and oxygen atoms in total. The molecule has 2 heterocycles. The molecule has 6 rings (SSSR count). The van der Waals surface area contributed by atoms with E-state index in [2.05, 4.69) is 9.62 Å². The monoisotopic (exact) mass is 911 g/mol. The Balaban J connectivity index is 1.11. The van der Waals surface area contributed by atoms with Gasteiger partial charge >= 0.3 is 6.09 Å². The SMILES string of the molecule is COc1ccc(N(CCCCCCCCNS(=O)(=O)c2cccc3c(N(C)C)cccc23)S(=O)(=O)c2sc3ccc(Cl)cc3c2C)cc1N1CCN(C(=O)OC(C)(C)C)CC1. The molecule has 1 fully saturated rings. The largest absolute Gasteiger partial charge is 0.495 e. The fraction of sp³-hybridized carbons (Fsp3) is 0.444. The molecule has 0 aliphatic carbocycles. The summed E-state index contributed by atoms with van der Waals surface area (Å²) >= 11 is 7.57. The van der Waals surface area contributed by atoms with Gasteiger partial charge in [0.25, 0.3) is 10.0 Å². The number of hydrogen-bond donors (Lipinski definition) is 1. The van der Waals surface area contributed by atoms with E-state index in [1.807, 2.05) is 89.2 Å². The van der Waals surface area contributed by atoms with Crippen molar-refractivity contribution in [3.63, 3.8) is 0 Å². The predicted molar refractivity (Wildman–Crippen MR) is 250 cm³/mol. The fourth-order valence-electron chi connectivity index (χ4n) is 7.70. The molecule has 61 heavy (non-hydrogen) atoms. The van der Waals surface area contributed by atoms with Crippen LogP contribution in [0.3, 0.4) is 0 Å². The number of ether oxygens (including phenoxy) is 2. The van der Waals surface area contributed by atoms with Gasteiger partial charge in [-0.05, 0) is 100 Å². The summed E-state index contributed by atoms with van der Waals surface area (Å²) in [5, 5.41) is 2.93. The minimum atomic E-state index is -4.01. The van der Waals surface area contributed by atoms with Gasteiger partial charge in [0, 0.05) is 79.5 Å². The summed E-state index contributed by atoms with van der Waals surface area (Å²) in [6.07, 6.45) is 4.32. The van der Waals surface area contributed by atoms with Gasteiger partial charge in [0.2, 0.25) is 10.0 Å². The van der Waals surface area contributed by atoms with Gasteiger partial charge in [-0.1, -0.05) is 61.5 Å². The first kappa shape index (κ1) is 46.2. The van der Waals surface area contributed by atoms with Gasteiger partial charge in [0.05, 0.1) is 23.4 Å². The lowest BCUT2D eigenvalue weighted by atomic mass is 10.1. The smallest absolute Gasteiger partial charge is 0.410 e.